The molecule has 2 N–H and O–H groups in total. The van der Waals surface area contributed by atoms with Gasteiger partial charge in [-0.2, -0.15) is 0 Å². The van der Waals surface area contributed by atoms with Crippen molar-refractivity contribution in [1.82, 2.24) is 5.32 Å². The summed E-state index contributed by atoms with van der Waals surface area (Å²) in [4.78, 5) is 17.4. The number of carbonyl (C=O) groups excluding carboxylic acids is 1. The van der Waals surface area contributed by atoms with Crippen LogP contribution in [0.1, 0.15) is 28.8 Å². The second-order valence-corrected chi connectivity index (χ2v) is 4.76. The van der Waals surface area contributed by atoms with Crippen molar-refractivity contribution in [2.75, 3.05) is 0 Å². The summed E-state index contributed by atoms with van der Waals surface area (Å²) in [6.45, 7) is 0.0632. The van der Waals surface area contributed by atoms with Gasteiger partial charge in [0, 0.05) is 27.1 Å². The molecule has 1 amide bonds. The molecule has 108 valence electrons. The van der Waals surface area contributed by atoms with Crippen molar-refractivity contribution in [1.29, 1.82) is 0 Å². The third kappa shape index (κ3) is 3.87. The molecule has 1 aromatic carbocycles. The van der Waals surface area contributed by atoms with Gasteiger partial charge in [-0.05, 0) is 47.7 Å². The lowest BCUT2D eigenvalue weighted by Crippen LogP contribution is -2.46. The van der Waals surface area contributed by atoms with Crippen LogP contribution in [0.15, 0.2) is 28.4 Å². The number of aliphatic hydroxyl groups is 1. The summed E-state index contributed by atoms with van der Waals surface area (Å²) in [6, 6.07) is 4.55. The van der Waals surface area contributed by atoms with E-state index in [-0.39, 0.29) is 30.3 Å². The van der Waals surface area contributed by atoms with Crippen LogP contribution in [0.25, 0.3) is 20.9 Å². The average molecular weight is 287 g/mol. The molecule has 0 aliphatic heterocycles. The Bertz CT molecular complexity index is 641. The Morgan fingerprint density at radius 3 is 2.71 bits per heavy atom. The molecule has 0 radical (unpaired) electrons. The van der Waals surface area contributed by atoms with E-state index in [2.05, 4.69) is 25.4 Å². The fourth-order valence-electron chi connectivity index (χ4n) is 2.09. The van der Waals surface area contributed by atoms with Crippen LogP contribution in [0, 0.1) is 0 Å². The maximum absolute atomic E-state index is 12.1. The van der Waals surface area contributed by atoms with Crippen LogP contribution in [0.3, 0.4) is 0 Å². The standard InChI is InChI=1S/C12H13N7O2/c13-18-15-6-7-1-8(3-10(2-7)17-19-14)12(21)16-9-4-11(20)5-9/h1-3,9,11,20H,4-6H2,(H,16,21). The first-order valence-corrected chi connectivity index (χ1v) is 6.31. The van der Waals surface area contributed by atoms with Gasteiger partial charge in [-0.25, -0.2) is 0 Å². The fourth-order valence-corrected chi connectivity index (χ4v) is 2.09. The second-order valence-electron chi connectivity index (χ2n) is 4.76. The maximum Gasteiger partial charge on any atom is 0.251 e. The maximum atomic E-state index is 12.1. The molecule has 9 heteroatoms. The van der Waals surface area contributed by atoms with Crippen molar-refractivity contribution in [3.05, 3.63) is 50.2 Å². The van der Waals surface area contributed by atoms with E-state index in [1.165, 1.54) is 6.07 Å². The second kappa shape index (κ2) is 6.62. The van der Waals surface area contributed by atoms with Gasteiger partial charge >= 0.3 is 0 Å². The van der Waals surface area contributed by atoms with Crippen molar-refractivity contribution < 1.29 is 9.90 Å². The predicted molar refractivity (Wildman–Crippen MR) is 74.6 cm³/mol. The molecule has 2 rings (SSSR count). The topological polar surface area (TPSA) is 147 Å². The number of aliphatic hydroxyl groups excluding tert-OH is 1. The molecule has 1 aliphatic carbocycles. The van der Waals surface area contributed by atoms with Crippen molar-refractivity contribution in [3.8, 4) is 0 Å². The first-order chi connectivity index (χ1) is 10.1. The summed E-state index contributed by atoms with van der Waals surface area (Å²) in [7, 11) is 0. The molecule has 0 saturated heterocycles. The number of azide groups is 2. The Labute approximate surface area is 119 Å². The monoisotopic (exact) mass is 287 g/mol. The highest BCUT2D eigenvalue weighted by Gasteiger charge is 2.28. The minimum atomic E-state index is -0.356. The average Bonchev–Trinajstić information content (AvgIpc) is 2.43. The molecule has 1 aliphatic rings. The molecule has 1 saturated carbocycles. The van der Waals surface area contributed by atoms with E-state index >= 15 is 0 Å². The molecule has 9 nitrogen and oxygen atoms in total. The fraction of sp³-hybridized carbons (Fsp3) is 0.417. The lowest BCUT2D eigenvalue weighted by atomic mass is 9.89. The largest absolute Gasteiger partial charge is 0.393 e. The molecular weight excluding hydrogens is 274 g/mol. The molecule has 0 unspecified atom stereocenters. The number of hydrogen-bond acceptors (Lipinski definition) is 4. The molecule has 0 bridgehead atoms. The lowest BCUT2D eigenvalue weighted by Gasteiger charge is -2.32. The quantitative estimate of drug-likeness (QED) is 0.486. The Morgan fingerprint density at radius 1 is 1.33 bits per heavy atom. The SMILES string of the molecule is [N-]=[N+]=NCc1cc(N=[N+]=[N-])cc(C(=O)NC2CC(O)C2)c1. The van der Waals surface area contributed by atoms with Crippen LogP contribution < -0.4 is 5.32 Å². The van der Waals surface area contributed by atoms with Gasteiger partial charge in [0.15, 0.2) is 0 Å². The molecule has 21 heavy (non-hydrogen) atoms. The summed E-state index contributed by atoms with van der Waals surface area (Å²) in [5.41, 5.74) is 18.0. The first-order valence-electron chi connectivity index (χ1n) is 6.31. The molecule has 0 spiro atoms. The van der Waals surface area contributed by atoms with E-state index < -0.39 is 0 Å². The Balaban J connectivity index is 2.19. The zero-order chi connectivity index (χ0) is 15.2. The molecule has 1 aromatic rings. The van der Waals surface area contributed by atoms with Gasteiger partial charge in [0.05, 0.1) is 12.6 Å². The molecule has 0 atom stereocenters. The number of rotatable bonds is 5. The van der Waals surface area contributed by atoms with E-state index in [0.717, 1.165) is 0 Å². The third-order valence-corrected chi connectivity index (χ3v) is 3.16. The number of carbonyl (C=O) groups is 1. The predicted octanol–water partition coefficient (Wildman–Crippen LogP) is 2.69. The summed E-state index contributed by atoms with van der Waals surface area (Å²) in [6.07, 6.45) is 0.714. The Hall–Kier alpha value is -2.73. The smallest absolute Gasteiger partial charge is 0.251 e. The van der Waals surface area contributed by atoms with Gasteiger partial charge in [-0.15, -0.1) is 0 Å². The van der Waals surface area contributed by atoms with Crippen molar-refractivity contribution >= 4 is 11.6 Å². The third-order valence-electron chi connectivity index (χ3n) is 3.16. The zero-order valence-electron chi connectivity index (χ0n) is 11.0. The normalized spacial score (nSPS) is 19.7. The number of nitrogens with one attached hydrogen (secondary N) is 1. The van der Waals surface area contributed by atoms with E-state index in [0.29, 0.717) is 24.0 Å². The lowest BCUT2D eigenvalue weighted by molar-refractivity contribution is 0.0562. The van der Waals surface area contributed by atoms with Crippen molar-refractivity contribution in [3.63, 3.8) is 0 Å². The highest BCUT2D eigenvalue weighted by atomic mass is 16.3. The Kier molecular flexibility index (Phi) is 4.63. The highest BCUT2D eigenvalue weighted by molar-refractivity contribution is 5.95. The molecular formula is C12H13N7O2. The van der Waals surface area contributed by atoms with Crippen LogP contribution >= 0.6 is 0 Å². The van der Waals surface area contributed by atoms with Crippen LogP contribution in [0.2, 0.25) is 0 Å². The van der Waals surface area contributed by atoms with Gasteiger partial charge in [-0.3, -0.25) is 4.79 Å². The Morgan fingerprint density at radius 2 is 2.10 bits per heavy atom. The zero-order valence-corrected chi connectivity index (χ0v) is 11.0. The van der Waals surface area contributed by atoms with Crippen LogP contribution in [-0.4, -0.2) is 23.2 Å². The van der Waals surface area contributed by atoms with E-state index in [1.54, 1.807) is 12.1 Å². The van der Waals surface area contributed by atoms with E-state index in [1.807, 2.05) is 0 Å². The summed E-state index contributed by atoms with van der Waals surface area (Å²) < 4.78 is 0. The van der Waals surface area contributed by atoms with Crippen molar-refractivity contribution in [2.45, 2.75) is 31.5 Å². The number of nitrogens with zero attached hydrogens (tertiary/aromatic N) is 6. The molecule has 0 heterocycles. The summed E-state index contributed by atoms with van der Waals surface area (Å²) >= 11 is 0. The van der Waals surface area contributed by atoms with Crippen LogP contribution in [0.5, 0.6) is 0 Å². The van der Waals surface area contributed by atoms with Gasteiger partial charge in [0.1, 0.15) is 0 Å². The van der Waals surface area contributed by atoms with Crippen LogP contribution in [-0.2, 0) is 6.54 Å². The summed E-state index contributed by atoms with van der Waals surface area (Å²) in [5, 5.41) is 18.9. The minimum Gasteiger partial charge on any atom is -0.393 e. The van der Waals surface area contributed by atoms with Crippen LogP contribution in [0.4, 0.5) is 5.69 Å². The first kappa shape index (κ1) is 14.7. The van der Waals surface area contributed by atoms with Gasteiger partial charge in [0.25, 0.3) is 5.91 Å². The molecule has 0 aromatic heterocycles. The van der Waals surface area contributed by atoms with Gasteiger partial charge in [-0.1, -0.05) is 10.2 Å². The number of amides is 1. The van der Waals surface area contributed by atoms with Gasteiger partial charge in [0.2, 0.25) is 0 Å². The van der Waals surface area contributed by atoms with Crippen molar-refractivity contribution in [2.24, 2.45) is 10.2 Å². The minimum absolute atomic E-state index is 0.0452. The highest BCUT2D eigenvalue weighted by Crippen LogP contribution is 2.22. The van der Waals surface area contributed by atoms with Gasteiger partial charge < -0.3 is 10.4 Å². The van der Waals surface area contributed by atoms with E-state index in [4.69, 9.17) is 11.1 Å². The molecule has 1 fully saturated rings. The number of benzene rings is 1. The number of hydrogen-bond donors (Lipinski definition) is 2. The summed E-state index contributed by atoms with van der Waals surface area (Å²) in [5.74, 6) is -0.316. The van der Waals surface area contributed by atoms with E-state index in [9.17, 15) is 9.90 Å².